The Bertz CT molecular complexity index is 311. The van der Waals surface area contributed by atoms with E-state index < -0.39 is 5.97 Å². The molecule has 1 heterocycles. The van der Waals surface area contributed by atoms with E-state index in [1.807, 2.05) is 19.1 Å². The lowest BCUT2D eigenvalue weighted by Gasteiger charge is -2.05. The summed E-state index contributed by atoms with van der Waals surface area (Å²) in [5, 5.41) is 8.65. The first-order chi connectivity index (χ1) is 6.58. The van der Waals surface area contributed by atoms with Gasteiger partial charge in [-0.2, -0.15) is 11.8 Å². The number of halogens is 1. The van der Waals surface area contributed by atoms with Crippen LogP contribution in [0.15, 0.2) is 21.2 Å². The zero-order valence-corrected chi connectivity index (χ0v) is 10.1. The van der Waals surface area contributed by atoms with E-state index in [0.717, 1.165) is 5.76 Å². The summed E-state index contributed by atoms with van der Waals surface area (Å²) in [6.07, 6.45) is 0.187. The molecule has 0 spiro atoms. The highest BCUT2D eigenvalue weighted by Gasteiger charge is 2.09. The quantitative estimate of drug-likeness (QED) is 0.899. The van der Waals surface area contributed by atoms with Crippen molar-refractivity contribution in [1.82, 2.24) is 0 Å². The molecule has 1 atom stereocenters. The number of furan rings is 1. The molecule has 0 saturated heterocycles. The second-order valence-corrected chi connectivity index (χ2v) is 5.13. The monoisotopic (exact) mass is 278 g/mol. The number of hydrogen-bond donors (Lipinski definition) is 1. The van der Waals surface area contributed by atoms with E-state index in [-0.39, 0.29) is 11.7 Å². The molecule has 0 aliphatic heterocycles. The minimum Gasteiger partial charge on any atom is -0.481 e. The summed E-state index contributed by atoms with van der Waals surface area (Å²) in [6, 6.07) is 3.71. The van der Waals surface area contributed by atoms with Crippen molar-refractivity contribution < 1.29 is 14.3 Å². The van der Waals surface area contributed by atoms with Crippen molar-refractivity contribution >= 4 is 33.7 Å². The molecule has 1 rings (SSSR count). The maximum Gasteiger partial charge on any atom is 0.304 e. The van der Waals surface area contributed by atoms with Crippen LogP contribution in [0.1, 0.15) is 19.1 Å². The molecule has 5 heteroatoms. The van der Waals surface area contributed by atoms with Gasteiger partial charge in [0, 0.05) is 5.25 Å². The fourth-order valence-electron chi connectivity index (χ4n) is 0.959. The van der Waals surface area contributed by atoms with Crippen LogP contribution in [0.2, 0.25) is 0 Å². The van der Waals surface area contributed by atoms with Gasteiger partial charge >= 0.3 is 5.97 Å². The minimum atomic E-state index is -0.759. The van der Waals surface area contributed by atoms with Gasteiger partial charge < -0.3 is 9.52 Å². The predicted molar refractivity (Wildman–Crippen MR) is 59.4 cm³/mol. The summed E-state index contributed by atoms with van der Waals surface area (Å²) in [5.41, 5.74) is 0. The van der Waals surface area contributed by atoms with Crippen LogP contribution in [0.25, 0.3) is 0 Å². The van der Waals surface area contributed by atoms with Gasteiger partial charge in [0.15, 0.2) is 4.67 Å². The molecule has 1 aromatic rings. The number of thioether (sulfide) groups is 1. The van der Waals surface area contributed by atoms with Gasteiger partial charge in [0.25, 0.3) is 0 Å². The molecule has 0 aliphatic carbocycles. The van der Waals surface area contributed by atoms with Crippen LogP contribution in [0.3, 0.4) is 0 Å². The Labute approximate surface area is 95.0 Å². The molecule has 0 fully saturated rings. The molecule has 14 heavy (non-hydrogen) atoms. The van der Waals surface area contributed by atoms with Crippen molar-refractivity contribution in [3.8, 4) is 0 Å². The highest BCUT2D eigenvalue weighted by molar-refractivity contribution is 9.10. The molecule has 0 amide bonds. The molecular weight excluding hydrogens is 268 g/mol. The average molecular weight is 279 g/mol. The van der Waals surface area contributed by atoms with E-state index in [1.54, 1.807) is 11.8 Å². The van der Waals surface area contributed by atoms with Gasteiger partial charge in [-0.05, 0) is 28.1 Å². The molecule has 0 aromatic carbocycles. The lowest BCUT2D eigenvalue weighted by atomic mass is 10.3. The van der Waals surface area contributed by atoms with E-state index in [4.69, 9.17) is 9.52 Å². The molecule has 1 unspecified atom stereocenters. The SMILES string of the molecule is CC(CC(=O)O)SCc1ccc(Br)o1. The van der Waals surface area contributed by atoms with Gasteiger partial charge in [0.05, 0.1) is 12.2 Å². The second-order valence-electron chi connectivity index (χ2n) is 2.93. The Morgan fingerprint density at radius 2 is 2.43 bits per heavy atom. The largest absolute Gasteiger partial charge is 0.481 e. The number of rotatable bonds is 5. The zero-order chi connectivity index (χ0) is 10.6. The third-order valence-corrected chi connectivity index (χ3v) is 3.21. The first-order valence-corrected chi connectivity index (χ1v) is 5.99. The molecule has 1 N–H and O–H groups in total. The summed E-state index contributed by atoms with van der Waals surface area (Å²) in [7, 11) is 0. The Morgan fingerprint density at radius 3 is 2.93 bits per heavy atom. The summed E-state index contributed by atoms with van der Waals surface area (Å²) in [6.45, 7) is 1.90. The summed E-state index contributed by atoms with van der Waals surface area (Å²) < 4.78 is 5.99. The standard InChI is InChI=1S/C9H11BrO3S/c1-6(4-9(11)12)14-5-7-2-3-8(10)13-7/h2-3,6H,4-5H2,1H3,(H,11,12). The van der Waals surface area contributed by atoms with Crippen molar-refractivity contribution in [2.24, 2.45) is 0 Å². The van der Waals surface area contributed by atoms with E-state index >= 15 is 0 Å². The van der Waals surface area contributed by atoms with Crippen molar-refractivity contribution in [3.05, 3.63) is 22.6 Å². The van der Waals surface area contributed by atoms with Gasteiger partial charge in [0.2, 0.25) is 0 Å². The number of hydrogen-bond acceptors (Lipinski definition) is 3. The average Bonchev–Trinajstić information content (AvgIpc) is 2.47. The van der Waals surface area contributed by atoms with E-state index in [0.29, 0.717) is 10.4 Å². The number of aliphatic carboxylic acids is 1. The molecule has 3 nitrogen and oxygen atoms in total. The van der Waals surface area contributed by atoms with Gasteiger partial charge in [-0.15, -0.1) is 0 Å². The Balaban J connectivity index is 2.30. The van der Waals surface area contributed by atoms with Gasteiger partial charge in [-0.3, -0.25) is 4.79 Å². The highest BCUT2D eigenvalue weighted by atomic mass is 79.9. The summed E-state index contributed by atoms with van der Waals surface area (Å²) in [4.78, 5) is 10.4. The Kier molecular flexibility index (Phi) is 4.54. The Hall–Kier alpha value is -0.420. The fourth-order valence-corrected chi connectivity index (χ4v) is 2.16. The lowest BCUT2D eigenvalue weighted by Crippen LogP contribution is -2.05. The van der Waals surface area contributed by atoms with Crippen molar-refractivity contribution in [2.45, 2.75) is 24.3 Å². The van der Waals surface area contributed by atoms with Crippen LogP contribution >= 0.6 is 27.7 Å². The maximum absolute atomic E-state index is 10.4. The van der Waals surface area contributed by atoms with Crippen LogP contribution in [-0.2, 0) is 10.5 Å². The third-order valence-electron chi connectivity index (χ3n) is 1.60. The minimum absolute atomic E-state index is 0.108. The fraction of sp³-hybridized carbons (Fsp3) is 0.444. The van der Waals surface area contributed by atoms with Crippen LogP contribution in [0.4, 0.5) is 0 Å². The van der Waals surface area contributed by atoms with Crippen molar-refractivity contribution in [3.63, 3.8) is 0 Å². The first-order valence-electron chi connectivity index (χ1n) is 4.15. The normalized spacial score (nSPS) is 12.7. The van der Waals surface area contributed by atoms with E-state index in [2.05, 4.69) is 15.9 Å². The Morgan fingerprint density at radius 1 is 1.71 bits per heavy atom. The van der Waals surface area contributed by atoms with Crippen LogP contribution < -0.4 is 0 Å². The number of carboxylic acid groups (broad SMARTS) is 1. The second kappa shape index (κ2) is 5.46. The first kappa shape index (κ1) is 11.7. The van der Waals surface area contributed by atoms with E-state index in [1.165, 1.54) is 0 Å². The maximum atomic E-state index is 10.4. The summed E-state index contributed by atoms with van der Waals surface area (Å²) in [5.74, 6) is 0.810. The van der Waals surface area contributed by atoms with Gasteiger partial charge in [0.1, 0.15) is 5.76 Å². The van der Waals surface area contributed by atoms with Gasteiger partial charge in [-0.1, -0.05) is 6.92 Å². The zero-order valence-electron chi connectivity index (χ0n) is 7.70. The molecule has 78 valence electrons. The molecule has 1 aromatic heterocycles. The van der Waals surface area contributed by atoms with Gasteiger partial charge in [-0.25, -0.2) is 0 Å². The van der Waals surface area contributed by atoms with E-state index in [9.17, 15) is 4.79 Å². The number of carbonyl (C=O) groups is 1. The smallest absolute Gasteiger partial charge is 0.304 e. The molecular formula is C9H11BrO3S. The number of carboxylic acids is 1. The topological polar surface area (TPSA) is 50.4 Å². The van der Waals surface area contributed by atoms with Crippen LogP contribution in [-0.4, -0.2) is 16.3 Å². The molecule has 0 radical (unpaired) electrons. The summed E-state index contributed by atoms with van der Waals surface area (Å²) >= 11 is 4.79. The predicted octanol–water partition coefficient (Wildman–Crippen LogP) is 3.14. The lowest BCUT2D eigenvalue weighted by molar-refractivity contribution is -0.136. The van der Waals surface area contributed by atoms with Crippen molar-refractivity contribution in [1.29, 1.82) is 0 Å². The van der Waals surface area contributed by atoms with Crippen molar-refractivity contribution in [2.75, 3.05) is 0 Å². The molecule has 0 bridgehead atoms. The molecule has 0 saturated carbocycles. The third kappa shape index (κ3) is 4.19. The molecule has 0 aliphatic rings. The highest BCUT2D eigenvalue weighted by Crippen LogP contribution is 2.23. The van der Waals surface area contributed by atoms with Crippen LogP contribution in [0.5, 0.6) is 0 Å². The van der Waals surface area contributed by atoms with Crippen LogP contribution in [0, 0.1) is 0 Å².